The van der Waals surface area contributed by atoms with E-state index in [0.717, 1.165) is 38.5 Å². The molecule has 0 unspecified atom stereocenters. The van der Waals surface area contributed by atoms with Crippen molar-refractivity contribution in [3.63, 3.8) is 0 Å². The minimum Gasteiger partial charge on any atom is -0.299 e. The molecular formula is C28H36O2. The molecule has 160 valence electrons. The van der Waals surface area contributed by atoms with Gasteiger partial charge in [0.1, 0.15) is 5.78 Å². The number of carbonyl (C=O) groups excluding carboxylic acids is 2. The van der Waals surface area contributed by atoms with E-state index in [0.29, 0.717) is 41.7 Å². The molecule has 2 nitrogen and oxygen atoms in total. The molecule has 3 fully saturated rings. The van der Waals surface area contributed by atoms with Crippen molar-refractivity contribution < 1.29 is 9.59 Å². The highest BCUT2D eigenvalue weighted by molar-refractivity contribution is 5.91. The minimum absolute atomic E-state index is 0.0824. The first kappa shape index (κ1) is 20.2. The Balaban J connectivity index is 1.43. The number of ketones is 2. The van der Waals surface area contributed by atoms with Crippen LogP contribution in [0.5, 0.6) is 0 Å². The highest BCUT2D eigenvalue weighted by Gasteiger charge is 2.61. The predicted molar refractivity (Wildman–Crippen MR) is 120 cm³/mol. The van der Waals surface area contributed by atoms with Crippen molar-refractivity contribution in [2.75, 3.05) is 0 Å². The maximum atomic E-state index is 12.9. The zero-order chi connectivity index (χ0) is 20.9. The molecule has 30 heavy (non-hydrogen) atoms. The van der Waals surface area contributed by atoms with Crippen LogP contribution >= 0.6 is 0 Å². The van der Waals surface area contributed by atoms with Gasteiger partial charge in [-0.2, -0.15) is 0 Å². The summed E-state index contributed by atoms with van der Waals surface area (Å²) in [5, 5.41) is 0. The van der Waals surface area contributed by atoms with Gasteiger partial charge in [0.25, 0.3) is 0 Å². The van der Waals surface area contributed by atoms with Gasteiger partial charge in [-0.05, 0) is 92.1 Å². The van der Waals surface area contributed by atoms with Crippen molar-refractivity contribution >= 4 is 11.6 Å². The maximum Gasteiger partial charge on any atom is 0.155 e. The molecule has 1 aromatic carbocycles. The summed E-state index contributed by atoms with van der Waals surface area (Å²) in [6.45, 7) is 4.73. The number of hydrogen-bond donors (Lipinski definition) is 0. The molecule has 2 heteroatoms. The third-order valence-corrected chi connectivity index (χ3v) is 9.73. The fourth-order valence-electron chi connectivity index (χ4n) is 7.98. The number of rotatable bonds is 4. The summed E-state index contributed by atoms with van der Waals surface area (Å²) in [7, 11) is 0. The SMILES string of the molecule is C[C@]12CCC(=O)C=C1C[C@@H](CCCc1ccccc1)[C@@H]1[C@@H]2CC[C@]2(C)C(=O)CC[C@@H]12. The monoisotopic (exact) mass is 404 g/mol. The van der Waals surface area contributed by atoms with Gasteiger partial charge in [-0.3, -0.25) is 9.59 Å². The summed E-state index contributed by atoms with van der Waals surface area (Å²) >= 11 is 0. The average Bonchev–Trinajstić information content (AvgIpc) is 3.04. The van der Waals surface area contributed by atoms with Crippen LogP contribution in [0.25, 0.3) is 0 Å². The second-order valence-corrected chi connectivity index (χ2v) is 11.1. The van der Waals surface area contributed by atoms with E-state index in [9.17, 15) is 9.59 Å². The fraction of sp³-hybridized carbons (Fsp3) is 0.643. The van der Waals surface area contributed by atoms with Crippen LogP contribution in [0.2, 0.25) is 0 Å². The second-order valence-electron chi connectivity index (χ2n) is 11.1. The lowest BCUT2D eigenvalue weighted by atomic mass is 9.44. The van der Waals surface area contributed by atoms with Gasteiger partial charge in [-0.15, -0.1) is 0 Å². The molecule has 0 N–H and O–H groups in total. The van der Waals surface area contributed by atoms with E-state index in [4.69, 9.17) is 0 Å². The number of aryl methyl sites for hydroxylation is 1. The van der Waals surface area contributed by atoms with Crippen molar-refractivity contribution in [1.82, 2.24) is 0 Å². The normalized spacial score (nSPS) is 40.4. The van der Waals surface area contributed by atoms with Crippen LogP contribution in [-0.2, 0) is 16.0 Å². The molecule has 0 spiro atoms. The highest BCUT2D eigenvalue weighted by Crippen LogP contribution is 2.66. The molecule has 0 saturated heterocycles. The number of allylic oxidation sites excluding steroid dienone is 1. The largest absolute Gasteiger partial charge is 0.299 e. The topological polar surface area (TPSA) is 34.1 Å². The van der Waals surface area contributed by atoms with Gasteiger partial charge in [0.2, 0.25) is 0 Å². The number of carbonyl (C=O) groups is 2. The third kappa shape index (κ3) is 3.13. The van der Waals surface area contributed by atoms with Crippen molar-refractivity contribution in [2.24, 2.45) is 34.5 Å². The Bertz CT molecular complexity index is 868. The Hall–Kier alpha value is -1.70. The van der Waals surface area contributed by atoms with Gasteiger partial charge in [0, 0.05) is 18.3 Å². The molecule has 0 amide bonds. The van der Waals surface area contributed by atoms with Crippen LogP contribution in [0.1, 0.15) is 77.2 Å². The lowest BCUT2D eigenvalue weighted by molar-refractivity contribution is -0.135. The quantitative estimate of drug-likeness (QED) is 0.587. The molecule has 0 aromatic heterocycles. The summed E-state index contributed by atoms with van der Waals surface area (Å²) in [6.07, 6.45) is 12.5. The number of fused-ring (bicyclic) bond motifs is 5. The van der Waals surface area contributed by atoms with Crippen LogP contribution in [0, 0.1) is 34.5 Å². The van der Waals surface area contributed by atoms with Gasteiger partial charge in [0.05, 0.1) is 0 Å². The van der Waals surface area contributed by atoms with Gasteiger partial charge in [-0.25, -0.2) is 0 Å². The molecule has 1 aromatic rings. The summed E-state index contributed by atoms with van der Waals surface area (Å²) < 4.78 is 0. The van der Waals surface area contributed by atoms with Crippen molar-refractivity contribution in [3.05, 3.63) is 47.5 Å². The molecule has 0 bridgehead atoms. The van der Waals surface area contributed by atoms with Gasteiger partial charge in [0.15, 0.2) is 5.78 Å². The summed E-state index contributed by atoms with van der Waals surface area (Å²) in [6, 6.07) is 10.8. The molecule has 0 heterocycles. The Labute approximate surface area is 181 Å². The lowest BCUT2D eigenvalue weighted by Crippen LogP contribution is -2.53. The molecule has 6 atom stereocenters. The zero-order valence-electron chi connectivity index (χ0n) is 18.7. The molecule has 4 aliphatic carbocycles. The fourth-order valence-corrected chi connectivity index (χ4v) is 7.98. The number of benzene rings is 1. The summed E-state index contributed by atoms with van der Waals surface area (Å²) in [4.78, 5) is 25.1. The van der Waals surface area contributed by atoms with E-state index in [1.54, 1.807) is 0 Å². The highest BCUT2D eigenvalue weighted by atomic mass is 16.1. The van der Waals surface area contributed by atoms with E-state index in [-0.39, 0.29) is 10.8 Å². The Kier molecular flexibility index (Phi) is 5.03. The first-order valence-electron chi connectivity index (χ1n) is 12.2. The van der Waals surface area contributed by atoms with E-state index in [2.05, 4.69) is 44.2 Å². The molecule has 4 aliphatic rings. The van der Waals surface area contributed by atoms with Crippen molar-refractivity contribution in [1.29, 1.82) is 0 Å². The Morgan fingerprint density at radius 2 is 1.70 bits per heavy atom. The van der Waals surface area contributed by atoms with Crippen LogP contribution < -0.4 is 0 Å². The predicted octanol–water partition coefficient (Wildman–Crippen LogP) is 6.34. The van der Waals surface area contributed by atoms with E-state index in [1.165, 1.54) is 30.4 Å². The van der Waals surface area contributed by atoms with Crippen LogP contribution in [-0.4, -0.2) is 11.6 Å². The lowest BCUT2D eigenvalue weighted by Gasteiger charge is -2.59. The Morgan fingerprint density at radius 3 is 2.50 bits per heavy atom. The third-order valence-electron chi connectivity index (χ3n) is 9.73. The first-order valence-corrected chi connectivity index (χ1v) is 12.2. The van der Waals surface area contributed by atoms with Crippen molar-refractivity contribution in [3.8, 4) is 0 Å². The van der Waals surface area contributed by atoms with Gasteiger partial charge >= 0.3 is 0 Å². The maximum absolute atomic E-state index is 12.9. The molecular weight excluding hydrogens is 368 g/mol. The minimum atomic E-state index is -0.0824. The first-order chi connectivity index (χ1) is 14.4. The van der Waals surface area contributed by atoms with Crippen LogP contribution in [0.3, 0.4) is 0 Å². The number of Topliss-reactive ketones (excluding diaryl/α,β-unsaturated/α-hetero) is 1. The number of hydrogen-bond acceptors (Lipinski definition) is 2. The molecule has 0 radical (unpaired) electrons. The molecule has 0 aliphatic heterocycles. The van der Waals surface area contributed by atoms with E-state index < -0.39 is 0 Å². The standard InChI is InChI=1S/C28H36O2/c1-27-15-13-22(29)18-21(27)17-20(10-6-9-19-7-4-3-5-8-19)26-23-11-12-25(30)28(23,2)16-14-24(26)27/h3-5,7-8,18,20,23-24,26H,6,9-17H2,1-2H3/t20-,23+,24+,26+,27+,28+/m1/s1. The average molecular weight is 405 g/mol. The van der Waals surface area contributed by atoms with E-state index >= 15 is 0 Å². The Morgan fingerprint density at radius 1 is 0.933 bits per heavy atom. The van der Waals surface area contributed by atoms with E-state index in [1.807, 2.05) is 6.08 Å². The van der Waals surface area contributed by atoms with Crippen LogP contribution in [0.15, 0.2) is 42.0 Å². The summed E-state index contributed by atoms with van der Waals surface area (Å²) in [5.74, 6) is 3.35. The second kappa shape index (κ2) is 7.46. The molecule has 3 saturated carbocycles. The van der Waals surface area contributed by atoms with Gasteiger partial charge in [-0.1, -0.05) is 49.8 Å². The summed E-state index contributed by atoms with van der Waals surface area (Å²) in [5.41, 5.74) is 2.96. The van der Waals surface area contributed by atoms with Crippen LogP contribution in [0.4, 0.5) is 0 Å². The van der Waals surface area contributed by atoms with Gasteiger partial charge < -0.3 is 0 Å². The zero-order valence-corrected chi connectivity index (χ0v) is 18.7. The van der Waals surface area contributed by atoms with Crippen molar-refractivity contribution in [2.45, 2.75) is 78.1 Å². The molecule has 5 rings (SSSR count). The smallest absolute Gasteiger partial charge is 0.155 e.